The first-order chi connectivity index (χ1) is 10.8. The van der Waals surface area contributed by atoms with Crippen molar-refractivity contribution in [1.29, 1.82) is 0 Å². The van der Waals surface area contributed by atoms with Crippen molar-refractivity contribution in [3.63, 3.8) is 0 Å². The van der Waals surface area contributed by atoms with Crippen LogP contribution in [0.15, 0.2) is 24.3 Å². The van der Waals surface area contributed by atoms with E-state index in [1.54, 1.807) is 0 Å². The molecule has 0 radical (unpaired) electrons. The lowest BCUT2D eigenvalue weighted by Crippen LogP contribution is -2.47. The Bertz CT molecular complexity index is 513. The monoisotopic (exact) mass is 437 g/mol. The summed E-state index contributed by atoms with van der Waals surface area (Å²) < 4.78 is 6.74. The molecule has 1 aromatic rings. The summed E-state index contributed by atoms with van der Waals surface area (Å²) in [6.45, 7) is 5.67. The zero-order valence-corrected chi connectivity index (χ0v) is 15.6. The van der Waals surface area contributed by atoms with Crippen molar-refractivity contribution in [2.75, 3.05) is 0 Å². The maximum Gasteiger partial charge on any atom is 0.162 e. The molecule has 0 unspecified atom stereocenters. The van der Waals surface area contributed by atoms with Crippen molar-refractivity contribution in [3.05, 3.63) is 33.4 Å². The van der Waals surface area contributed by atoms with Crippen LogP contribution in [0.25, 0.3) is 0 Å². The van der Waals surface area contributed by atoms with Gasteiger partial charge in [0, 0.05) is 9.61 Å². The minimum atomic E-state index is -1.15. The van der Waals surface area contributed by atoms with Crippen LogP contribution in [-0.2, 0) is 16.2 Å². The molecule has 1 aliphatic heterocycles. The maximum absolute atomic E-state index is 10.2. The van der Waals surface area contributed by atoms with Crippen LogP contribution in [0.4, 0.5) is 0 Å². The van der Waals surface area contributed by atoms with Gasteiger partial charge in [0.15, 0.2) is 6.23 Å². The van der Waals surface area contributed by atoms with E-state index < -0.39 is 30.6 Å². The van der Waals surface area contributed by atoms with E-state index in [2.05, 4.69) is 22.6 Å². The van der Waals surface area contributed by atoms with Gasteiger partial charge in [0.1, 0.15) is 18.3 Å². The molecular formula is C16H24INO5. The van der Waals surface area contributed by atoms with E-state index in [1.165, 1.54) is 12.0 Å². The molecule has 130 valence electrons. The molecule has 0 saturated carbocycles. The first-order valence-electron chi connectivity index (χ1n) is 7.66. The number of aliphatic hydroxyl groups is 3. The highest BCUT2D eigenvalue weighted by Crippen LogP contribution is 2.28. The topological polar surface area (TPSA) is 82.4 Å². The highest BCUT2D eigenvalue weighted by Gasteiger charge is 2.48. The van der Waals surface area contributed by atoms with Gasteiger partial charge in [-0.15, -0.1) is 0 Å². The Hall–Kier alpha value is -0.290. The number of benzene rings is 1. The summed E-state index contributed by atoms with van der Waals surface area (Å²) >= 11 is 2.24. The van der Waals surface area contributed by atoms with Crippen LogP contribution in [0, 0.1) is 3.57 Å². The minimum Gasteiger partial charge on any atom is -0.391 e. The van der Waals surface area contributed by atoms with Crippen LogP contribution >= 0.6 is 22.6 Å². The molecule has 2 rings (SSSR count). The number of hydrogen-bond donors (Lipinski definition) is 3. The van der Waals surface area contributed by atoms with E-state index in [1.807, 2.05) is 38.1 Å². The van der Waals surface area contributed by atoms with Crippen LogP contribution in [0.5, 0.6) is 0 Å². The van der Waals surface area contributed by atoms with Crippen molar-refractivity contribution < 1.29 is 24.9 Å². The predicted octanol–water partition coefficient (Wildman–Crippen LogP) is 1.26. The number of halogens is 1. The molecule has 1 aliphatic rings. The van der Waals surface area contributed by atoms with E-state index >= 15 is 0 Å². The van der Waals surface area contributed by atoms with Crippen LogP contribution in [-0.4, -0.2) is 57.1 Å². The van der Waals surface area contributed by atoms with Gasteiger partial charge in [-0.2, -0.15) is 5.06 Å². The van der Waals surface area contributed by atoms with Crippen molar-refractivity contribution in [3.8, 4) is 0 Å². The second-order valence-corrected chi connectivity index (χ2v) is 7.32. The molecule has 1 saturated heterocycles. The minimum absolute atomic E-state index is 0.0719. The first-order valence-corrected chi connectivity index (χ1v) is 8.74. The zero-order chi connectivity index (χ0) is 17.1. The van der Waals surface area contributed by atoms with Crippen LogP contribution in [0.3, 0.4) is 0 Å². The van der Waals surface area contributed by atoms with Gasteiger partial charge in [-0.25, -0.2) is 0 Å². The summed E-state index contributed by atoms with van der Waals surface area (Å²) in [5.74, 6) is 0. The normalized spacial score (nSPS) is 29.4. The van der Waals surface area contributed by atoms with E-state index in [9.17, 15) is 15.3 Å². The summed E-state index contributed by atoms with van der Waals surface area (Å²) in [4.78, 5) is 5.83. The van der Waals surface area contributed by atoms with Gasteiger partial charge in [0.25, 0.3) is 0 Å². The lowest BCUT2D eigenvalue weighted by atomic mass is 10.1. The molecule has 6 nitrogen and oxygen atoms in total. The number of aliphatic hydroxyl groups excluding tert-OH is 3. The fraction of sp³-hybridized carbons (Fsp3) is 0.625. The van der Waals surface area contributed by atoms with E-state index in [0.717, 1.165) is 9.13 Å². The highest BCUT2D eigenvalue weighted by atomic mass is 127. The zero-order valence-electron chi connectivity index (χ0n) is 13.5. The summed E-state index contributed by atoms with van der Waals surface area (Å²) in [5, 5.41) is 31.5. The maximum atomic E-state index is 10.2. The fourth-order valence-corrected chi connectivity index (χ4v) is 3.19. The summed E-state index contributed by atoms with van der Waals surface area (Å²) in [7, 11) is 0. The number of ether oxygens (including phenoxy) is 1. The summed E-state index contributed by atoms with van der Waals surface area (Å²) in [5.41, 5.74) is 1.00. The summed E-state index contributed by atoms with van der Waals surface area (Å²) in [6, 6.07) is 7.85. The second-order valence-electron chi connectivity index (χ2n) is 6.07. The fourth-order valence-electron chi connectivity index (χ4n) is 2.59. The van der Waals surface area contributed by atoms with Gasteiger partial charge in [0.05, 0.1) is 12.7 Å². The van der Waals surface area contributed by atoms with Gasteiger partial charge < -0.3 is 20.1 Å². The van der Waals surface area contributed by atoms with E-state index in [0.29, 0.717) is 6.61 Å². The molecule has 5 atom stereocenters. The number of hydrogen-bond acceptors (Lipinski definition) is 6. The molecule has 0 amide bonds. The third kappa shape index (κ3) is 4.62. The Morgan fingerprint density at radius 3 is 2.48 bits per heavy atom. The molecule has 1 fully saturated rings. The lowest BCUT2D eigenvalue weighted by Gasteiger charge is -2.32. The second kappa shape index (κ2) is 8.19. The Balaban J connectivity index is 2.06. The molecule has 0 spiro atoms. The standard InChI is InChI=1S/C16H24INO5/c1-9(2)18(22-8-11-5-4-6-12(17)7-11)16-14(21)13(20)15(23-16)10(3)19/h4-7,9-10,13-16,19-21H,8H2,1-3H3/t10-,13-,14-,15+,16+/m0/s1. The van der Waals surface area contributed by atoms with E-state index in [4.69, 9.17) is 9.57 Å². The van der Waals surface area contributed by atoms with Crippen molar-refractivity contribution >= 4 is 22.6 Å². The molecule has 0 aromatic heterocycles. The third-order valence-corrected chi connectivity index (χ3v) is 4.45. The Morgan fingerprint density at radius 2 is 1.96 bits per heavy atom. The van der Waals surface area contributed by atoms with Gasteiger partial charge in [-0.3, -0.25) is 4.84 Å². The van der Waals surface area contributed by atoms with Crippen LogP contribution in [0.1, 0.15) is 26.3 Å². The molecule has 0 aliphatic carbocycles. The lowest BCUT2D eigenvalue weighted by molar-refractivity contribution is -0.287. The van der Waals surface area contributed by atoms with Crippen molar-refractivity contribution in [2.45, 2.75) is 64.1 Å². The molecule has 1 heterocycles. The molecular weight excluding hydrogens is 413 g/mol. The van der Waals surface area contributed by atoms with Gasteiger partial charge >= 0.3 is 0 Å². The number of hydroxylamine groups is 2. The van der Waals surface area contributed by atoms with E-state index in [-0.39, 0.29) is 6.04 Å². The smallest absolute Gasteiger partial charge is 0.162 e. The molecule has 23 heavy (non-hydrogen) atoms. The first kappa shape index (κ1) is 19.0. The van der Waals surface area contributed by atoms with Crippen molar-refractivity contribution in [1.82, 2.24) is 5.06 Å². The Kier molecular flexibility index (Phi) is 6.78. The van der Waals surface area contributed by atoms with Gasteiger partial charge in [-0.05, 0) is 61.1 Å². The number of nitrogens with zero attached hydrogens (tertiary/aromatic N) is 1. The molecule has 1 aromatic carbocycles. The van der Waals surface area contributed by atoms with Gasteiger partial charge in [-0.1, -0.05) is 12.1 Å². The SMILES string of the molecule is CC(C)N(OCc1cccc(I)c1)[C@@H]1O[C@H]([C@H](C)O)[C@@H](O)[C@@H]1O. The largest absolute Gasteiger partial charge is 0.391 e. The molecule has 3 N–H and O–H groups in total. The average Bonchev–Trinajstić information content (AvgIpc) is 2.76. The average molecular weight is 437 g/mol. The Morgan fingerprint density at radius 1 is 1.26 bits per heavy atom. The molecule has 7 heteroatoms. The summed E-state index contributed by atoms with van der Waals surface area (Å²) in [6.07, 6.45) is -4.84. The highest BCUT2D eigenvalue weighted by molar-refractivity contribution is 14.1. The molecule has 0 bridgehead atoms. The predicted molar refractivity (Wildman–Crippen MR) is 93.3 cm³/mol. The Labute approximate surface area is 150 Å². The van der Waals surface area contributed by atoms with Crippen LogP contribution in [0.2, 0.25) is 0 Å². The number of rotatable bonds is 6. The third-order valence-electron chi connectivity index (χ3n) is 3.78. The van der Waals surface area contributed by atoms with Crippen LogP contribution < -0.4 is 0 Å². The van der Waals surface area contributed by atoms with Gasteiger partial charge in [0.2, 0.25) is 0 Å². The van der Waals surface area contributed by atoms with Crippen molar-refractivity contribution in [2.24, 2.45) is 0 Å². The quantitative estimate of drug-likeness (QED) is 0.460.